The zero-order valence-electron chi connectivity index (χ0n) is 20.9. The Morgan fingerprint density at radius 3 is 1.55 bits per heavy atom. The van der Waals surface area contributed by atoms with E-state index < -0.39 is 9.85 Å². The Bertz CT molecular complexity index is 1260. The Kier molecular flexibility index (Phi) is 12.2. The van der Waals surface area contributed by atoms with Gasteiger partial charge in [0, 0.05) is 21.6 Å². The van der Waals surface area contributed by atoms with Crippen LogP contribution in [0.1, 0.15) is 25.7 Å². The molecule has 2 aliphatic carbocycles. The number of anilines is 1. The number of nitrogens with two attached hydrogens (primary N) is 1. The Labute approximate surface area is 251 Å². The summed E-state index contributed by atoms with van der Waals surface area (Å²) in [5.41, 5.74) is 6.11. The molecule has 4 N–H and O–H groups in total. The number of pyridine rings is 3. The predicted octanol–water partition coefficient (Wildman–Crippen LogP) is 5.46. The Hall–Kier alpha value is -2.28. The molecule has 0 unspecified atom stereocenters. The number of aromatic nitrogens is 3. The van der Waals surface area contributed by atoms with Crippen molar-refractivity contribution in [3.63, 3.8) is 0 Å². The van der Waals surface area contributed by atoms with E-state index in [1.54, 1.807) is 41.3 Å². The molecular weight excluding hydrogens is 617 g/mol. The third kappa shape index (κ3) is 10.9. The topological polar surface area (TPSA) is 191 Å². The molecule has 3 aromatic heterocycles. The van der Waals surface area contributed by atoms with Gasteiger partial charge < -0.3 is 15.9 Å². The molecule has 2 aliphatic rings. The van der Waals surface area contributed by atoms with Crippen LogP contribution in [0, 0.1) is 20.2 Å². The van der Waals surface area contributed by atoms with Gasteiger partial charge in [0.2, 0.25) is 0 Å². The fourth-order valence-corrected chi connectivity index (χ4v) is 6.80. The van der Waals surface area contributed by atoms with Crippen molar-refractivity contribution < 1.29 is 20.1 Å². The molecule has 0 bridgehead atoms. The average Bonchev–Trinajstić information content (AvgIpc) is 3.90. The van der Waals surface area contributed by atoms with Crippen molar-refractivity contribution >= 4 is 72.9 Å². The van der Waals surface area contributed by atoms with E-state index >= 15 is 0 Å². The Balaban J connectivity index is 0.000000184. The van der Waals surface area contributed by atoms with Gasteiger partial charge in [0.25, 0.3) is 11.4 Å². The van der Waals surface area contributed by atoms with Crippen molar-refractivity contribution in [2.45, 2.75) is 50.3 Å². The summed E-state index contributed by atoms with van der Waals surface area (Å²) >= 11 is 4.12. The molecule has 214 valence electrons. The summed E-state index contributed by atoms with van der Waals surface area (Å²) in [6.45, 7) is 0.424. The first-order valence-corrected chi connectivity index (χ1v) is 16.4. The molecule has 0 aromatic carbocycles. The highest BCUT2D eigenvalue weighted by Gasteiger charge is 2.43. The quantitative estimate of drug-likeness (QED) is 0.0942. The van der Waals surface area contributed by atoms with E-state index in [2.05, 4.69) is 27.6 Å². The van der Waals surface area contributed by atoms with Gasteiger partial charge in [0.1, 0.15) is 27.5 Å². The SMILES string of the molecule is Nc1ccc(SSc2ccc([N+](=O)[O-])cn2)nc1.O=[N+]([O-])c1ccc(SSC2(CO)CC2)nc1.OCC1(S)CC1. The zero-order chi connectivity index (χ0) is 29.2. The van der Waals surface area contributed by atoms with Gasteiger partial charge in [-0.3, -0.25) is 20.2 Å². The molecule has 2 fully saturated rings. The van der Waals surface area contributed by atoms with Crippen molar-refractivity contribution in [3.05, 3.63) is 75.2 Å². The normalized spacial score (nSPS) is 15.5. The molecular formula is C23H26N6O6S5. The lowest BCUT2D eigenvalue weighted by molar-refractivity contribution is -0.385. The summed E-state index contributed by atoms with van der Waals surface area (Å²) < 4.78 is 0.0358. The van der Waals surface area contributed by atoms with Crippen LogP contribution < -0.4 is 5.73 Å². The van der Waals surface area contributed by atoms with Crippen LogP contribution in [-0.4, -0.2) is 57.7 Å². The van der Waals surface area contributed by atoms with Crippen LogP contribution in [0.4, 0.5) is 17.1 Å². The second-order valence-corrected chi connectivity index (χ2v) is 14.4. The van der Waals surface area contributed by atoms with E-state index in [9.17, 15) is 20.2 Å². The number of hydrogen-bond acceptors (Lipinski definition) is 15. The van der Waals surface area contributed by atoms with E-state index in [4.69, 9.17) is 15.9 Å². The lowest BCUT2D eigenvalue weighted by Crippen LogP contribution is -2.06. The van der Waals surface area contributed by atoms with E-state index in [1.807, 2.05) is 0 Å². The minimum atomic E-state index is -0.476. The molecule has 0 aliphatic heterocycles. The van der Waals surface area contributed by atoms with E-state index in [1.165, 1.54) is 56.9 Å². The van der Waals surface area contributed by atoms with Gasteiger partial charge in [0.15, 0.2) is 0 Å². The van der Waals surface area contributed by atoms with Crippen LogP contribution in [0.2, 0.25) is 0 Å². The standard InChI is InChI=1S/C10H8N4O2S2.C9H10N2O3S2.C4H8OS/c11-7-1-3-9(12-5-7)17-18-10-4-2-8(6-13-10)14(15)16;12-6-9(3-4-9)16-15-8-2-1-7(5-10-8)11(13)14;5-3-4(6)1-2-4/h1-6H,11H2;1-2,5,12H,3-4,6H2;5-6H,1-3H2. The predicted molar refractivity (Wildman–Crippen MR) is 163 cm³/mol. The van der Waals surface area contributed by atoms with Gasteiger partial charge in [-0.1, -0.05) is 10.8 Å². The molecule has 0 saturated heterocycles. The fourth-order valence-electron chi connectivity index (χ4n) is 2.43. The molecule has 40 heavy (non-hydrogen) atoms. The largest absolute Gasteiger partial charge is 0.397 e. The summed E-state index contributed by atoms with van der Waals surface area (Å²) in [7, 11) is 5.84. The maximum Gasteiger partial charge on any atom is 0.287 e. The molecule has 0 amide bonds. The summed E-state index contributed by atoms with van der Waals surface area (Å²) in [4.78, 5) is 32.0. The number of nitrogen functional groups attached to an aromatic ring is 1. The van der Waals surface area contributed by atoms with Gasteiger partial charge in [-0.2, -0.15) is 12.6 Å². The number of thiol groups is 1. The van der Waals surface area contributed by atoms with Gasteiger partial charge in [-0.25, -0.2) is 15.0 Å². The van der Waals surface area contributed by atoms with Crippen LogP contribution in [0.15, 0.2) is 70.1 Å². The van der Waals surface area contributed by atoms with Crippen molar-refractivity contribution in [3.8, 4) is 0 Å². The van der Waals surface area contributed by atoms with Gasteiger partial charge in [-0.05, 0) is 82.3 Å². The highest BCUT2D eigenvalue weighted by Crippen LogP contribution is 2.54. The second-order valence-electron chi connectivity index (χ2n) is 8.71. The molecule has 5 rings (SSSR count). The summed E-state index contributed by atoms with van der Waals surface area (Å²) in [6, 6.07) is 9.66. The van der Waals surface area contributed by atoms with Crippen molar-refractivity contribution in [1.29, 1.82) is 0 Å². The van der Waals surface area contributed by atoms with Gasteiger partial charge in [-0.15, -0.1) is 0 Å². The third-order valence-corrected chi connectivity index (χ3v) is 11.3. The molecule has 12 nitrogen and oxygen atoms in total. The number of aliphatic hydroxyl groups is 2. The molecule has 0 spiro atoms. The first-order valence-electron chi connectivity index (χ1n) is 11.6. The minimum Gasteiger partial charge on any atom is -0.397 e. The first kappa shape index (κ1) is 32.2. The van der Waals surface area contributed by atoms with Gasteiger partial charge in [0.05, 0.1) is 34.9 Å². The minimum absolute atomic E-state index is 0.00218. The monoisotopic (exact) mass is 642 g/mol. The first-order chi connectivity index (χ1) is 19.1. The summed E-state index contributed by atoms with van der Waals surface area (Å²) in [5.74, 6) is 0. The van der Waals surface area contributed by atoms with Gasteiger partial charge >= 0.3 is 0 Å². The number of rotatable bonds is 10. The lowest BCUT2D eigenvalue weighted by atomic mass is 10.4. The van der Waals surface area contributed by atoms with Crippen LogP contribution in [0.3, 0.4) is 0 Å². The molecule has 0 atom stereocenters. The molecule has 3 heterocycles. The van der Waals surface area contributed by atoms with E-state index in [-0.39, 0.29) is 34.1 Å². The van der Waals surface area contributed by atoms with Crippen LogP contribution in [0.5, 0.6) is 0 Å². The maximum atomic E-state index is 10.5. The lowest BCUT2D eigenvalue weighted by Gasteiger charge is -2.08. The Morgan fingerprint density at radius 1 is 0.775 bits per heavy atom. The summed E-state index contributed by atoms with van der Waals surface area (Å²) in [6.07, 6.45) is 8.29. The highest BCUT2D eigenvalue weighted by molar-refractivity contribution is 8.77. The Morgan fingerprint density at radius 2 is 1.25 bits per heavy atom. The van der Waals surface area contributed by atoms with Crippen LogP contribution in [0.25, 0.3) is 0 Å². The fraction of sp³-hybridized carbons (Fsp3) is 0.348. The molecule has 0 radical (unpaired) electrons. The smallest absolute Gasteiger partial charge is 0.287 e. The molecule has 3 aromatic rings. The van der Waals surface area contributed by atoms with E-state index in [0.717, 1.165) is 35.7 Å². The number of nitrogens with zero attached hydrogens (tertiary/aromatic N) is 5. The van der Waals surface area contributed by atoms with E-state index in [0.29, 0.717) is 10.7 Å². The van der Waals surface area contributed by atoms with Crippen LogP contribution in [-0.2, 0) is 0 Å². The molecule has 17 heteroatoms. The summed E-state index contributed by atoms with van der Waals surface area (Å²) in [5, 5.41) is 40.6. The van der Waals surface area contributed by atoms with Crippen LogP contribution >= 0.6 is 55.8 Å². The molecule has 2 saturated carbocycles. The zero-order valence-corrected chi connectivity index (χ0v) is 25.0. The third-order valence-electron chi connectivity index (χ3n) is 5.36. The second kappa shape index (κ2) is 15.1. The maximum absolute atomic E-state index is 10.5. The number of hydrogen-bond donors (Lipinski definition) is 4. The number of aliphatic hydroxyl groups excluding tert-OH is 2. The van der Waals surface area contributed by atoms with Crippen molar-refractivity contribution in [2.24, 2.45) is 0 Å². The highest BCUT2D eigenvalue weighted by atomic mass is 33.1. The van der Waals surface area contributed by atoms with Crippen molar-refractivity contribution in [2.75, 3.05) is 18.9 Å². The average molecular weight is 643 g/mol. The number of nitro groups is 2. The van der Waals surface area contributed by atoms with Crippen molar-refractivity contribution in [1.82, 2.24) is 15.0 Å².